The maximum absolute atomic E-state index is 13.1. The van der Waals surface area contributed by atoms with Crippen molar-refractivity contribution in [3.05, 3.63) is 83.2 Å². The van der Waals surface area contributed by atoms with Gasteiger partial charge in [-0.2, -0.15) is 13.2 Å². The number of carbonyl (C=O) groups excluding carboxylic acids is 1. The van der Waals surface area contributed by atoms with Crippen LogP contribution in [0.3, 0.4) is 0 Å². The summed E-state index contributed by atoms with van der Waals surface area (Å²) in [5, 5.41) is 12.1. The van der Waals surface area contributed by atoms with Crippen molar-refractivity contribution in [3.8, 4) is 11.1 Å². The first-order valence-electron chi connectivity index (χ1n) is 10.3. The summed E-state index contributed by atoms with van der Waals surface area (Å²) in [4.78, 5) is 16.4. The van der Waals surface area contributed by atoms with Crippen molar-refractivity contribution in [1.29, 1.82) is 0 Å². The molecule has 10 heteroatoms. The van der Waals surface area contributed by atoms with Crippen LogP contribution in [0, 0.1) is 6.92 Å². The smallest absolute Gasteiger partial charge is 0.396 e. The van der Waals surface area contributed by atoms with Gasteiger partial charge in [0.1, 0.15) is 5.69 Å². The molecule has 0 saturated heterocycles. The predicted molar refractivity (Wildman–Crippen MR) is 121 cm³/mol. The van der Waals surface area contributed by atoms with Gasteiger partial charge in [0.15, 0.2) is 9.84 Å². The average molecular weight is 493 g/mol. The summed E-state index contributed by atoms with van der Waals surface area (Å²) < 4.78 is 62.9. The number of halogens is 3. The van der Waals surface area contributed by atoms with E-state index in [4.69, 9.17) is 0 Å². The Morgan fingerprint density at radius 3 is 2.26 bits per heavy atom. The molecule has 0 aliphatic rings. The first kappa shape index (κ1) is 25.4. The molecule has 0 radical (unpaired) electrons. The maximum atomic E-state index is 13.1. The zero-order chi connectivity index (χ0) is 25.1. The number of alkyl halides is 3. The molecule has 34 heavy (non-hydrogen) atoms. The number of aliphatic hydroxyl groups excluding tert-OH is 1. The molecular formula is C24H23F3N2O4S. The lowest BCUT2D eigenvalue weighted by atomic mass is 10.0. The van der Waals surface area contributed by atoms with E-state index in [1.54, 1.807) is 12.1 Å². The second-order valence-corrected chi connectivity index (χ2v) is 9.91. The van der Waals surface area contributed by atoms with Crippen molar-refractivity contribution in [3.63, 3.8) is 0 Å². The van der Waals surface area contributed by atoms with Gasteiger partial charge >= 0.3 is 6.18 Å². The molecule has 180 valence electrons. The minimum Gasteiger partial charge on any atom is -0.396 e. The van der Waals surface area contributed by atoms with E-state index in [9.17, 15) is 31.5 Å². The Labute approximate surface area is 195 Å². The lowest BCUT2D eigenvalue weighted by Gasteiger charge is -2.19. The topological polar surface area (TPSA) is 96.4 Å². The number of rotatable bonds is 7. The lowest BCUT2D eigenvalue weighted by molar-refractivity contribution is -0.141. The molecular weight excluding hydrogens is 469 g/mol. The molecule has 0 aliphatic heterocycles. The van der Waals surface area contributed by atoms with E-state index < -0.39 is 33.7 Å². The van der Waals surface area contributed by atoms with Crippen LogP contribution in [-0.2, 0) is 16.0 Å². The molecule has 0 bridgehead atoms. The lowest BCUT2D eigenvalue weighted by Crippen LogP contribution is -2.29. The van der Waals surface area contributed by atoms with E-state index in [0.29, 0.717) is 11.1 Å². The van der Waals surface area contributed by atoms with Crippen molar-refractivity contribution < 1.29 is 31.5 Å². The van der Waals surface area contributed by atoms with Gasteiger partial charge in [-0.25, -0.2) is 8.42 Å². The molecule has 0 fully saturated rings. The van der Waals surface area contributed by atoms with Crippen LogP contribution < -0.4 is 5.32 Å². The highest BCUT2D eigenvalue weighted by Crippen LogP contribution is 2.29. The van der Waals surface area contributed by atoms with Crippen molar-refractivity contribution >= 4 is 15.7 Å². The molecule has 2 aromatic carbocycles. The van der Waals surface area contributed by atoms with Gasteiger partial charge < -0.3 is 10.4 Å². The van der Waals surface area contributed by atoms with Crippen molar-refractivity contribution in [1.82, 2.24) is 10.3 Å². The molecule has 6 nitrogen and oxygen atoms in total. The first-order valence-corrected chi connectivity index (χ1v) is 12.1. The molecule has 3 rings (SSSR count). The standard InChI is InChI=1S/C24H23F3N2O4S/c1-15-3-5-16(6-4-15)18-11-19(13-20(12-18)34(2,32)33)23(31)29-21(9-10-30)17-7-8-22(28-14-17)24(25,26)27/h3-8,11-14,21,30H,9-10H2,1-2H3,(H,29,31)/t21-/m1/s1. The number of pyridine rings is 1. The van der Waals surface area contributed by atoms with Gasteiger partial charge in [0.05, 0.1) is 10.9 Å². The van der Waals surface area contributed by atoms with Gasteiger partial charge in [-0.15, -0.1) is 0 Å². The summed E-state index contributed by atoms with van der Waals surface area (Å²) in [6.07, 6.45) is -2.55. The highest BCUT2D eigenvalue weighted by atomic mass is 32.2. The third-order valence-corrected chi connectivity index (χ3v) is 6.28. The fourth-order valence-corrected chi connectivity index (χ4v) is 4.01. The van der Waals surface area contributed by atoms with E-state index in [-0.39, 0.29) is 29.1 Å². The van der Waals surface area contributed by atoms with Crippen LogP contribution in [0.25, 0.3) is 11.1 Å². The quantitative estimate of drug-likeness (QED) is 0.512. The second-order valence-electron chi connectivity index (χ2n) is 7.90. The molecule has 0 unspecified atom stereocenters. The van der Waals surface area contributed by atoms with E-state index >= 15 is 0 Å². The minimum absolute atomic E-state index is 0.0232. The summed E-state index contributed by atoms with van der Waals surface area (Å²) in [6.45, 7) is 1.57. The van der Waals surface area contributed by atoms with Crippen molar-refractivity contribution in [2.75, 3.05) is 12.9 Å². The summed E-state index contributed by atoms with van der Waals surface area (Å²) in [6, 6.07) is 12.7. The molecule has 1 atom stereocenters. The van der Waals surface area contributed by atoms with E-state index in [0.717, 1.165) is 24.1 Å². The van der Waals surface area contributed by atoms with Gasteiger partial charge in [0, 0.05) is 24.6 Å². The Kier molecular flexibility index (Phi) is 7.42. The zero-order valence-electron chi connectivity index (χ0n) is 18.4. The number of carbonyl (C=O) groups is 1. The number of aliphatic hydroxyl groups is 1. The summed E-state index contributed by atoms with van der Waals surface area (Å²) >= 11 is 0. The molecule has 1 amide bonds. The number of nitrogens with one attached hydrogen (secondary N) is 1. The molecule has 1 heterocycles. The van der Waals surface area contributed by atoms with Crippen molar-refractivity contribution in [2.45, 2.75) is 30.5 Å². The number of aromatic nitrogens is 1. The van der Waals surface area contributed by atoms with Crippen LogP contribution in [0.4, 0.5) is 13.2 Å². The average Bonchev–Trinajstić information content (AvgIpc) is 2.78. The van der Waals surface area contributed by atoms with Crippen LogP contribution in [0.5, 0.6) is 0 Å². The van der Waals surface area contributed by atoms with Crippen molar-refractivity contribution in [2.24, 2.45) is 0 Å². The monoisotopic (exact) mass is 492 g/mol. The third-order valence-electron chi connectivity index (χ3n) is 5.18. The van der Waals surface area contributed by atoms with Crippen LogP contribution in [0.1, 0.15) is 39.6 Å². The van der Waals surface area contributed by atoms with E-state index in [2.05, 4.69) is 10.3 Å². The summed E-state index contributed by atoms with van der Waals surface area (Å²) in [5.74, 6) is -0.641. The van der Waals surface area contributed by atoms with Crippen LogP contribution >= 0.6 is 0 Å². The van der Waals surface area contributed by atoms with E-state index in [1.165, 1.54) is 24.3 Å². The van der Waals surface area contributed by atoms with Gasteiger partial charge in [-0.1, -0.05) is 35.9 Å². The Hall–Kier alpha value is -3.24. The molecule has 0 spiro atoms. The van der Waals surface area contributed by atoms with Crippen LogP contribution in [-0.4, -0.2) is 37.3 Å². The Morgan fingerprint density at radius 2 is 1.74 bits per heavy atom. The Morgan fingerprint density at radius 1 is 1.06 bits per heavy atom. The highest BCUT2D eigenvalue weighted by Gasteiger charge is 2.32. The third kappa shape index (κ3) is 6.21. The summed E-state index contributed by atoms with van der Waals surface area (Å²) in [7, 11) is -3.64. The Balaban J connectivity index is 1.96. The normalized spacial score (nSPS) is 12.9. The second kappa shape index (κ2) is 9.94. The van der Waals surface area contributed by atoms with E-state index in [1.807, 2.05) is 19.1 Å². The molecule has 1 aromatic heterocycles. The number of nitrogens with zero attached hydrogens (tertiary/aromatic N) is 1. The van der Waals surface area contributed by atoms with Crippen LogP contribution in [0.2, 0.25) is 0 Å². The number of amides is 1. The number of hydrogen-bond donors (Lipinski definition) is 2. The largest absolute Gasteiger partial charge is 0.433 e. The number of sulfone groups is 1. The fourth-order valence-electron chi connectivity index (χ4n) is 3.33. The zero-order valence-corrected chi connectivity index (χ0v) is 19.2. The maximum Gasteiger partial charge on any atom is 0.433 e. The number of benzene rings is 2. The number of hydrogen-bond acceptors (Lipinski definition) is 5. The van der Waals surface area contributed by atoms with Gasteiger partial charge in [-0.3, -0.25) is 9.78 Å². The fraction of sp³-hybridized carbons (Fsp3) is 0.250. The summed E-state index contributed by atoms with van der Waals surface area (Å²) in [5.41, 5.74) is 1.49. The molecule has 3 aromatic rings. The Bertz CT molecular complexity index is 1270. The molecule has 0 saturated carbocycles. The minimum atomic E-state index is -4.60. The number of aryl methyl sites for hydroxylation is 1. The highest BCUT2D eigenvalue weighted by molar-refractivity contribution is 7.90. The SMILES string of the molecule is Cc1ccc(-c2cc(C(=O)N[C@H](CCO)c3ccc(C(F)(F)F)nc3)cc(S(C)(=O)=O)c2)cc1. The van der Waals surface area contributed by atoms with Gasteiger partial charge in [-0.05, 0) is 54.3 Å². The molecule has 2 N–H and O–H groups in total. The molecule has 0 aliphatic carbocycles. The van der Waals surface area contributed by atoms with Crippen LogP contribution in [0.15, 0.2) is 65.7 Å². The van der Waals surface area contributed by atoms with Gasteiger partial charge in [0.2, 0.25) is 0 Å². The predicted octanol–water partition coefficient (Wildman–Crippen LogP) is 4.33. The first-order chi connectivity index (χ1) is 15.9. The van der Waals surface area contributed by atoms with Gasteiger partial charge in [0.25, 0.3) is 5.91 Å².